The van der Waals surface area contributed by atoms with Crippen LogP contribution in [0.2, 0.25) is 0 Å². The summed E-state index contributed by atoms with van der Waals surface area (Å²) in [5.74, 6) is -0.453. The molecule has 0 aromatic heterocycles. The second-order valence-corrected chi connectivity index (χ2v) is 7.75. The highest BCUT2D eigenvalue weighted by molar-refractivity contribution is 6.15. The maximum Gasteiger partial charge on any atom is 0.242 e. The first kappa shape index (κ1) is 18.2. The number of amides is 2. The molecule has 0 saturated heterocycles. The molecule has 0 bridgehead atoms. The van der Waals surface area contributed by atoms with Crippen molar-refractivity contribution in [2.45, 2.75) is 47.1 Å². The van der Waals surface area contributed by atoms with Crippen LogP contribution in [0.5, 0.6) is 0 Å². The maximum absolute atomic E-state index is 13.3. The minimum Gasteiger partial charge on any atom is -0.325 e. The number of hydrogen-bond donors (Lipinski definition) is 1. The van der Waals surface area contributed by atoms with E-state index in [0.717, 1.165) is 34.5 Å². The van der Waals surface area contributed by atoms with Crippen molar-refractivity contribution in [2.24, 2.45) is 5.41 Å². The molecule has 1 unspecified atom stereocenters. The summed E-state index contributed by atoms with van der Waals surface area (Å²) in [4.78, 5) is 28.0. The molecule has 136 valence electrons. The lowest BCUT2D eigenvalue weighted by molar-refractivity contribution is -0.136. The van der Waals surface area contributed by atoms with Gasteiger partial charge in [0.05, 0.1) is 0 Å². The quantitative estimate of drug-likeness (QED) is 0.842. The summed E-state index contributed by atoms with van der Waals surface area (Å²) < 4.78 is 0. The number of benzene rings is 2. The molecule has 4 heteroatoms. The molecular weight excluding hydrogens is 324 g/mol. The molecule has 2 aromatic rings. The number of nitrogens with zero attached hydrogens (tertiary/aromatic N) is 1. The molecule has 4 nitrogen and oxygen atoms in total. The standard InChI is InChI=1S/C22H26N2O2/c1-14-10-11-15(2)18(12-14)23-20(25)22(4,5)21(26)24-16(3)13-17-8-6-7-9-19(17)24/h6-12,16H,13H2,1-5H3,(H,23,25). The van der Waals surface area contributed by atoms with Gasteiger partial charge in [0.2, 0.25) is 11.8 Å². The Balaban J connectivity index is 1.86. The van der Waals surface area contributed by atoms with Gasteiger partial charge in [-0.05, 0) is 69.9 Å². The largest absolute Gasteiger partial charge is 0.325 e. The summed E-state index contributed by atoms with van der Waals surface area (Å²) in [7, 11) is 0. The second kappa shape index (κ2) is 6.60. The molecule has 0 fully saturated rings. The molecule has 0 spiro atoms. The first-order valence-corrected chi connectivity index (χ1v) is 9.02. The van der Waals surface area contributed by atoms with Crippen LogP contribution < -0.4 is 10.2 Å². The fourth-order valence-electron chi connectivity index (χ4n) is 3.42. The van der Waals surface area contributed by atoms with Crippen LogP contribution in [0, 0.1) is 19.3 Å². The van der Waals surface area contributed by atoms with E-state index < -0.39 is 5.41 Å². The Kier molecular flexibility index (Phi) is 4.61. The van der Waals surface area contributed by atoms with Gasteiger partial charge >= 0.3 is 0 Å². The number of hydrogen-bond acceptors (Lipinski definition) is 2. The zero-order chi connectivity index (χ0) is 19.1. The number of nitrogens with one attached hydrogen (secondary N) is 1. The fourth-order valence-corrected chi connectivity index (χ4v) is 3.42. The minimum atomic E-state index is -1.16. The van der Waals surface area contributed by atoms with Crippen molar-refractivity contribution < 1.29 is 9.59 Å². The van der Waals surface area contributed by atoms with Crippen LogP contribution in [0.1, 0.15) is 37.5 Å². The van der Waals surface area contributed by atoms with Crippen molar-refractivity contribution in [1.82, 2.24) is 0 Å². The van der Waals surface area contributed by atoms with Gasteiger partial charge in [-0.15, -0.1) is 0 Å². The van der Waals surface area contributed by atoms with Crippen molar-refractivity contribution in [3.8, 4) is 0 Å². The van der Waals surface area contributed by atoms with Gasteiger partial charge in [-0.25, -0.2) is 0 Å². The topological polar surface area (TPSA) is 49.4 Å². The monoisotopic (exact) mass is 350 g/mol. The van der Waals surface area contributed by atoms with E-state index in [1.54, 1.807) is 18.7 Å². The van der Waals surface area contributed by atoms with Crippen LogP contribution in [-0.4, -0.2) is 17.9 Å². The lowest BCUT2D eigenvalue weighted by Gasteiger charge is -2.31. The first-order chi connectivity index (χ1) is 12.2. The van der Waals surface area contributed by atoms with Crippen LogP contribution in [0.15, 0.2) is 42.5 Å². The van der Waals surface area contributed by atoms with Gasteiger partial charge in [-0.1, -0.05) is 30.3 Å². The summed E-state index contributed by atoms with van der Waals surface area (Å²) in [6, 6.07) is 13.9. The minimum absolute atomic E-state index is 0.0488. The zero-order valence-electron chi connectivity index (χ0n) is 16.1. The number of fused-ring (bicyclic) bond motifs is 1. The van der Waals surface area contributed by atoms with E-state index in [0.29, 0.717) is 0 Å². The first-order valence-electron chi connectivity index (χ1n) is 9.02. The molecule has 0 radical (unpaired) electrons. The maximum atomic E-state index is 13.3. The summed E-state index contributed by atoms with van der Waals surface area (Å²) in [6.45, 7) is 9.35. The van der Waals surface area contributed by atoms with Crippen molar-refractivity contribution in [3.05, 3.63) is 59.2 Å². The third-order valence-electron chi connectivity index (χ3n) is 5.17. The number of aryl methyl sites for hydroxylation is 2. The van der Waals surface area contributed by atoms with Crippen LogP contribution in [-0.2, 0) is 16.0 Å². The van der Waals surface area contributed by atoms with Gasteiger partial charge in [0.25, 0.3) is 0 Å². The van der Waals surface area contributed by atoms with Crippen molar-refractivity contribution >= 4 is 23.2 Å². The van der Waals surface area contributed by atoms with E-state index >= 15 is 0 Å². The Bertz CT molecular complexity index is 870. The van der Waals surface area contributed by atoms with Crippen LogP contribution in [0.3, 0.4) is 0 Å². The highest BCUT2D eigenvalue weighted by Crippen LogP contribution is 2.36. The van der Waals surface area contributed by atoms with Gasteiger partial charge in [-0.2, -0.15) is 0 Å². The molecule has 1 atom stereocenters. The molecule has 0 aliphatic carbocycles. The SMILES string of the molecule is Cc1ccc(C)c(NC(=O)C(C)(C)C(=O)N2c3ccccc3CC2C)c1. The summed E-state index contributed by atoms with van der Waals surface area (Å²) in [5, 5.41) is 2.95. The van der Waals surface area contributed by atoms with Crippen LogP contribution in [0.25, 0.3) is 0 Å². The van der Waals surface area contributed by atoms with Crippen molar-refractivity contribution in [1.29, 1.82) is 0 Å². The number of rotatable bonds is 3. The number of carbonyl (C=O) groups is 2. The van der Waals surface area contributed by atoms with E-state index in [-0.39, 0.29) is 17.9 Å². The van der Waals surface area contributed by atoms with Crippen LogP contribution in [0.4, 0.5) is 11.4 Å². The third-order valence-corrected chi connectivity index (χ3v) is 5.17. The van der Waals surface area contributed by atoms with Gasteiger partial charge < -0.3 is 10.2 Å². The van der Waals surface area contributed by atoms with Crippen molar-refractivity contribution in [3.63, 3.8) is 0 Å². The highest BCUT2D eigenvalue weighted by Gasteiger charge is 2.43. The Morgan fingerprint density at radius 1 is 1.12 bits per heavy atom. The van der Waals surface area contributed by atoms with Crippen LogP contribution >= 0.6 is 0 Å². The molecule has 2 amide bonds. The van der Waals surface area contributed by atoms with Gasteiger partial charge in [0.1, 0.15) is 5.41 Å². The van der Waals surface area contributed by atoms with E-state index in [1.165, 1.54) is 0 Å². The van der Waals surface area contributed by atoms with Gasteiger partial charge in [0.15, 0.2) is 0 Å². The second-order valence-electron chi connectivity index (χ2n) is 7.75. The van der Waals surface area contributed by atoms with Gasteiger partial charge in [-0.3, -0.25) is 9.59 Å². The molecule has 3 rings (SSSR count). The molecule has 26 heavy (non-hydrogen) atoms. The molecule has 1 heterocycles. The summed E-state index contributed by atoms with van der Waals surface area (Å²) in [6.07, 6.45) is 0.816. The Labute approximate surface area is 155 Å². The lowest BCUT2D eigenvalue weighted by Crippen LogP contribution is -2.49. The Morgan fingerprint density at radius 2 is 1.81 bits per heavy atom. The Morgan fingerprint density at radius 3 is 2.54 bits per heavy atom. The molecule has 0 saturated carbocycles. The van der Waals surface area contributed by atoms with E-state index in [9.17, 15) is 9.59 Å². The Hall–Kier alpha value is -2.62. The normalized spacial score (nSPS) is 16.3. The highest BCUT2D eigenvalue weighted by atomic mass is 16.2. The summed E-state index contributed by atoms with van der Waals surface area (Å²) in [5.41, 5.74) is 3.70. The van der Waals surface area contributed by atoms with E-state index in [2.05, 4.69) is 5.32 Å². The predicted molar refractivity (Wildman–Crippen MR) is 105 cm³/mol. The molecule has 1 N–H and O–H groups in total. The van der Waals surface area contributed by atoms with E-state index in [4.69, 9.17) is 0 Å². The average molecular weight is 350 g/mol. The predicted octanol–water partition coefficient (Wildman–Crippen LogP) is 4.25. The molecule has 2 aromatic carbocycles. The van der Waals surface area contributed by atoms with Crippen molar-refractivity contribution in [2.75, 3.05) is 10.2 Å². The number of anilines is 2. The average Bonchev–Trinajstić information content (AvgIpc) is 2.92. The fraction of sp³-hybridized carbons (Fsp3) is 0.364. The van der Waals surface area contributed by atoms with Gasteiger partial charge in [0, 0.05) is 17.4 Å². The zero-order valence-corrected chi connectivity index (χ0v) is 16.1. The molecule has 1 aliphatic heterocycles. The number of para-hydroxylation sites is 1. The smallest absolute Gasteiger partial charge is 0.242 e. The molecule has 1 aliphatic rings. The number of carbonyl (C=O) groups excluding carboxylic acids is 2. The lowest BCUT2D eigenvalue weighted by atomic mass is 9.89. The van der Waals surface area contributed by atoms with E-state index in [1.807, 2.05) is 63.2 Å². The summed E-state index contributed by atoms with van der Waals surface area (Å²) >= 11 is 0. The molecular formula is C22H26N2O2. The third kappa shape index (κ3) is 3.12.